The maximum Gasteiger partial charge on any atom is 0 e. The van der Waals surface area contributed by atoms with Gasteiger partial charge in [-0.05, 0) is 34.7 Å². The fourth-order valence-corrected chi connectivity index (χ4v) is 10.4. The van der Waals surface area contributed by atoms with E-state index >= 15 is 0 Å². The van der Waals surface area contributed by atoms with Crippen molar-refractivity contribution in [3.63, 3.8) is 0 Å². The maximum absolute atomic E-state index is 12.2. The van der Waals surface area contributed by atoms with Gasteiger partial charge in [0.2, 0.25) is 0 Å². The third kappa shape index (κ3) is 19.2. The number of hydrogen-bond acceptors (Lipinski definition) is 5. The van der Waals surface area contributed by atoms with Crippen LogP contribution in [0.3, 0.4) is 0 Å². The third-order valence-electron chi connectivity index (χ3n) is 7.51. The minimum atomic E-state index is -2.77. The van der Waals surface area contributed by atoms with E-state index in [0.29, 0.717) is 6.42 Å². The van der Waals surface area contributed by atoms with Gasteiger partial charge in [-0.25, -0.2) is 0 Å². The van der Waals surface area contributed by atoms with Crippen LogP contribution in [0.4, 0.5) is 0 Å². The average molecular weight is 821 g/mol. The molecular formula is C38H42Co2O11Si. The summed E-state index contributed by atoms with van der Waals surface area (Å²) in [6, 6.07) is 21.0. The van der Waals surface area contributed by atoms with Gasteiger partial charge in [0, 0.05) is 59.4 Å². The SMILES string of the molecule is CC(=O)O[C@H](CO[Si](c1ccccc1)(c1ccccc1)C(C)(C)C)C[C@@H]1C#C[C@@H](C)C[C@H]2OCCC[C@@H]2O1.[C-]#[O+].[C-]#[O+].[C-]#[O+].[C-]#[O+].[C-]#[O+].[C-]#[O+].[Co].[Co]. The molecule has 2 aromatic carbocycles. The monoisotopic (exact) mass is 820 g/mol. The van der Waals surface area contributed by atoms with Crippen LogP contribution in [0.25, 0.3) is 0 Å². The Labute approximate surface area is 329 Å². The molecule has 2 aliphatic rings. The van der Waals surface area contributed by atoms with E-state index in [0.717, 1.165) is 25.9 Å². The van der Waals surface area contributed by atoms with Crippen LogP contribution in [0, 0.1) is 57.7 Å². The van der Waals surface area contributed by atoms with Gasteiger partial charge >= 0.3 is 73.8 Å². The molecule has 0 aromatic heterocycles. The van der Waals surface area contributed by atoms with Crippen molar-refractivity contribution in [1.29, 1.82) is 0 Å². The molecule has 0 spiro atoms. The van der Waals surface area contributed by atoms with Gasteiger partial charge in [0.25, 0.3) is 8.32 Å². The second-order valence-electron chi connectivity index (χ2n) is 11.6. The summed E-state index contributed by atoms with van der Waals surface area (Å²) < 4.78 is 70.5. The van der Waals surface area contributed by atoms with Gasteiger partial charge in [-0.3, -0.25) is 4.79 Å². The molecule has 0 aliphatic carbocycles. The van der Waals surface area contributed by atoms with E-state index in [1.54, 1.807) is 0 Å². The molecule has 0 amide bonds. The zero-order valence-corrected chi connectivity index (χ0v) is 32.6. The quantitative estimate of drug-likeness (QED) is 0.124. The minimum absolute atomic E-state index is 0. The molecule has 5 atom stereocenters. The average Bonchev–Trinajstić information content (AvgIpc) is 3.16. The zero-order chi connectivity index (χ0) is 39.2. The van der Waals surface area contributed by atoms with Crippen LogP contribution in [0.1, 0.15) is 60.3 Å². The molecule has 0 saturated carbocycles. The largest absolute Gasteiger partial charge is 0 e. The Hall–Kier alpha value is -2.98. The van der Waals surface area contributed by atoms with Gasteiger partial charge in [-0.1, -0.05) is 100 Å². The fourth-order valence-electron chi connectivity index (χ4n) is 5.79. The smallest absolute Gasteiger partial charge is 0 e. The van der Waals surface area contributed by atoms with Crippen LogP contribution in [0.2, 0.25) is 5.04 Å². The van der Waals surface area contributed by atoms with Crippen molar-refractivity contribution in [3.8, 4) is 11.8 Å². The molecule has 52 heavy (non-hydrogen) atoms. The topological polar surface area (TPSA) is 173 Å². The van der Waals surface area contributed by atoms with Gasteiger partial charge < -0.3 is 18.6 Å². The van der Waals surface area contributed by atoms with Crippen molar-refractivity contribution in [2.45, 2.75) is 89.8 Å². The summed E-state index contributed by atoms with van der Waals surface area (Å²) in [7, 11) is -2.77. The summed E-state index contributed by atoms with van der Waals surface area (Å²) in [4.78, 5) is 12.2. The number of rotatable bonds is 8. The van der Waals surface area contributed by atoms with Crippen molar-refractivity contribution in [3.05, 3.63) is 101 Å². The Morgan fingerprint density at radius 1 is 0.827 bits per heavy atom. The first-order valence-electron chi connectivity index (χ1n) is 15.1. The molecule has 0 bridgehead atoms. The minimum Gasteiger partial charge on any atom is 0 e. The Morgan fingerprint density at radius 2 is 1.29 bits per heavy atom. The molecular weight excluding hydrogens is 778 g/mol. The first kappa shape index (κ1) is 58.3. The van der Waals surface area contributed by atoms with E-state index in [2.05, 4.69) is 128 Å². The van der Waals surface area contributed by atoms with Gasteiger partial charge in [-0.15, -0.1) is 0 Å². The van der Waals surface area contributed by atoms with Crippen molar-refractivity contribution < 1.29 is 84.9 Å². The van der Waals surface area contributed by atoms with Crippen molar-refractivity contribution in [1.82, 2.24) is 0 Å². The molecule has 2 heterocycles. The van der Waals surface area contributed by atoms with Gasteiger partial charge in [0.1, 0.15) is 12.2 Å². The van der Waals surface area contributed by atoms with Crippen LogP contribution in [-0.4, -0.2) is 51.9 Å². The first-order chi connectivity index (χ1) is 24.2. The van der Waals surface area contributed by atoms with E-state index in [1.165, 1.54) is 17.3 Å². The standard InChI is InChI=1S/C32H42O5Si.6CO.2Co/c1-24-18-19-26(37-30-17-12-20-34-31(30)21-24)22-27(36-25(2)33)23-35-38(32(3,4)5,28-13-8-6-9-14-28)29-15-10-7-11-16-29;6*1-2;;/h6-11,13-16,24,26-27,30-31H,12,17,20-23H2,1-5H3;;;;;;;;/t24-,26+,27+,30+,31-;;;;;;;;/m1......../s1. The third-order valence-corrected chi connectivity index (χ3v) is 12.5. The molecule has 2 radical (unpaired) electrons. The molecule has 14 heteroatoms. The molecule has 0 N–H and O–H groups in total. The first-order valence-corrected chi connectivity index (χ1v) is 17.0. The zero-order valence-electron chi connectivity index (χ0n) is 29.6. The molecule has 4 rings (SSSR count). The van der Waals surface area contributed by atoms with Gasteiger partial charge in [0.05, 0.1) is 18.8 Å². The number of ether oxygens (including phenoxy) is 3. The maximum atomic E-state index is 12.2. The van der Waals surface area contributed by atoms with Crippen molar-refractivity contribution in [2.24, 2.45) is 5.92 Å². The summed E-state index contributed by atoms with van der Waals surface area (Å²) >= 11 is 0. The van der Waals surface area contributed by atoms with E-state index in [-0.39, 0.29) is 75.4 Å². The molecule has 2 aromatic rings. The van der Waals surface area contributed by atoms with Crippen LogP contribution in [0.5, 0.6) is 0 Å². The number of fused-ring (bicyclic) bond motifs is 1. The molecule has 1 fully saturated rings. The van der Waals surface area contributed by atoms with Crippen molar-refractivity contribution >= 4 is 24.7 Å². The van der Waals surface area contributed by atoms with Crippen LogP contribution in [0.15, 0.2) is 60.7 Å². The summed E-state index contributed by atoms with van der Waals surface area (Å²) in [6.07, 6.45) is 2.55. The predicted octanol–water partition coefficient (Wildman–Crippen LogP) is 4.63. The second-order valence-corrected chi connectivity index (χ2v) is 15.9. The molecule has 282 valence electrons. The van der Waals surface area contributed by atoms with Crippen LogP contribution < -0.4 is 10.4 Å². The Morgan fingerprint density at radius 3 is 1.71 bits per heavy atom. The summed E-state index contributed by atoms with van der Waals surface area (Å²) in [6.45, 7) is 38.4. The van der Waals surface area contributed by atoms with Gasteiger partial charge in [0.15, 0.2) is 0 Å². The summed E-state index contributed by atoms with van der Waals surface area (Å²) in [5.41, 5.74) is 0. The van der Waals surface area contributed by atoms with Crippen molar-refractivity contribution in [2.75, 3.05) is 13.2 Å². The Kier molecular flexibility index (Phi) is 39.3. The van der Waals surface area contributed by atoms with Crippen LogP contribution >= 0.6 is 0 Å². The molecule has 1 saturated heterocycles. The normalized spacial score (nSPS) is 18.2. The second kappa shape index (κ2) is 35.1. The summed E-state index contributed by atoms with van der Waals surface area (Å²) in [5, 5.41) is 2.21. The van der Waals surface area contributed by atoms with Gasteiger partial charge in [-0.2, -0.15) is 0 Å². The molecule has 0 unspecified atom stereocenters. The van der Waals surface area contributed by atoms with E-state index in [4.69, 9.17) is 46.5 Å². The molecule has 11 nitrogen and oxygen atoms in total. The number of hydrogen-bond donors (Lipinski definition) is 0. The number of benzene rings is 2. The number of esters is 1. The predicted molar refractivity (Wildman–Crippen MR) is 177 cm³/mol. The van der Waals surface area contributed by atoms with E-state index in [9.17, 15) is 4.79 Å². The molecule has 2 aliphatic heterocycles. The Bertz CT molecular complexity index is 1310. The summed E-state index contributed by atoms with van der Waals surface area (Å²) in [5.74, 6) is 6.58. The Balaban J connectivity index is -0.000000478. The van der Waals surface area contributed by atoms with E-state index < -0.39 is 14.4 Å². The number of carbonyl (C=O) groups excluding carboxylic acids is 1. The van der Waals surface area contributed by atoms with Crippen LogP contribution in [-0.2, 0) is 84.9 Å². The number of carbonyl (C=O) groups is 1. The van der Waals surface area contributed by atoms with E-state index in [1.807, 2.05) is 12.1 Å². The fraction of sp³-hybridized carbons (Fsp3) is 0.447.